The Balaban J connectivity index is 1.79. The third-order valence-corrected chi connectivity index (χ3v) is 7.36. The monoisotopic (exact) mass is 521 g/mol. The number of ether oxygens (including phenoxy) is 1. The highest BCUT2D eigenvalue weighted by Crippen LogP contribution is 2.39. The van der Waals surface area contributed by atoms with Crippen molar-refractivity contribution in [1.82, 2.24) is 14.9 Å². The number of piperidine rings is 1. The first-order valence-corrected chi connectivity index (χ1v) is 13.5. The van der Waals surface area contributed by atoms with E-state index in [1.54, 1.807) is 19.2 Å². The minimum Gasteiger partial charge on any atom is -0.381 e. The van der Waals surface area contributed by atoms with Crippen LogP contribution in [0.5, 0.6) is 0 Å². The summed E-state index contributed by atoms with van der Waals surface area (Å²) >= 11 is 5.92. The zero-order valence-electron chi connectivity index (χ0n) is 20.1. The van der Waals surface area contributed by atoms with Crippen molar-refractivity contribution in [1.29, 1.82) is 0 Å². The average Bonchev–Trinajstić information content (AvgIpc) is 2.80. The van der Waals surface area contributed by atoms with Crippen LogP contribution in [0, 0.1) is 5.82 Å². The van der Waals surface area contributed by atoms with Crippen molar-refractivity contribution in [2.24, 2.45) is 0 Å². The minimum absolute atomic E-state index is 0.0194. The van der Waals surface area contributed by atoms with Gasteiger partial charge < -0.3 is 10.1 Å². The Bertz CT molecular complexity index is 1340. The summed E-state index contributed by atoms with van der Waals surface area (Å²) in [5.41, 5.74) is 1.96. The highest BCUT2D eigenvalue weighted by molar-refractivity contribution is 7.92. The molecule has 1 saturated heterocycles. The van der Waals surface area contributed by atoms with Crippen LogP contribution in [0.15, 0.2) is 36.7 Å². The molecule has 0 atom stereocenters. The van der Waals surface area contributed by atoms with Crippen molar-refractivity contribution >= 4 is 49.7 Å². The molecule has 2 N–H and O–H groups in total. The fourth-order valence-electron chi connectivity index (χ4n) is 4.52. The lowest BCUT2D eigenvalue weighted by molar-refractivity contribution is 0.00533. The zero-order chi connectivity index (χ0) is 25.4. The lowest BCUT2D eigenvalue weighted by Crippen LogP contribution is -2.47. The van der Waals surface area contributed by atoms with E-state index in [0.29, 0.717) is 28.1 Å². The molecule has 1 aromatic heterocycles. The summed E-state index contributed by atoms with van der Waals surface area (Å²) in [6.45, 7) is 5.80. The van der Waals surface area contributed by atoms with Crippen LogP contribution >= 0.6 is 11.6 Å². The maximum absolute atomic E-state index is 13.6. The number of fused-ring (bicyclic) bond motifs is 1. The van der Waals surface area contributed by atoms with E-state index in [9.17, 15) is 12.8 Å². The number of likely N-dealkylation sites (tertiary alicyclic amines) is 1. The predicted octanol–water partition coefficient (Wildman–Crippen LogP) is 4.88. The summed E-state index contributed by atoms with van der Waals surface area (Å²) in [7, 11) is -1.83. The smallest absolute Gasteiger partial charge is 0.229 e. The summed E-state index contributed by atoms with van der Waals surface area (Å²) in [6, 6.07) is 7.91. The van der Waals surface area contributed by atoms with Crippen LogP contribution in [0.1, 0.15) is 32.3 Å². The molecule has 0 amide bonds. The molecule has 2 heterocycles. The van der Waals surface area contributed by atoms with Crippen LogP contribution < -0.4 is 10.0 Å². The highest BCUT2D eigenvalue weighted by atomic mass is 35.5. The summed E-state index contributed by atoms with van der Waals surface area (Å²) in [5.74, 6) is -0.0784. The number of nitrogens with one attached hydrogen (secondary N) is 2. The standard InChI is InChI=1S/C24H29ClFN5O3S/c1-24(2,31-9-7-16(34-3)8-10-31)18-13-21-17(12-22(18)30-35(4,32)33)23(28-14-27-21)29-15-5-6-20(26)19(25)11-15/h5-6,11-14,16,30H,7-10H2,1-4H3,(H,27,28,29). The molecule has 8 nitrogen and oxygen atoms in total. The predicted molar refractivity (Wildman–Crippen MR) is 137 cm³/mol. The van der Waals surface area contributed by atoms with Gasteiger partial charge in [0, 0.05) is 36.8 Å². The number of hydrogen-bond acceptors (Lipinski definition) is 7. The average molecular weight is 522 g/mol. The Morgan fingerprint density at radius 1 is 1.17 bits per heavy atom. The van der Waals surface area contributed by atoms with Gasteiger partial charge in [-0.3, -0.25) is 9.62 Å². The maximum atomic E-state index is 13.6. The van der Waals surface area contributed by atoms with Crippen LogP contribution in [0.3, 0.4) is 0 Å². The molecule has 1 fully saturated rings. The van der Waals surface area contributed by atoms with Crippen molar-refractivity contribution in [2.45, 2.75) is 38.3 Å². The summed E-state index contributed by atoms with van der Waals surface area (Å²) in [5, 5.41) is 3.72. The van der Waals surface area contributed by atoms with Crippen molar-refractivity contribution in [3.05, 3.63) is 53.1 Å². The summed E-state index contributed by atoms with van der Waals surface area (Å²) in [4.78, 5) is 11.1. The molecule has 35 heavy (non-hydrogen) atoms. The number of rotatable bonds is 7. The van der Waals surface area contributed by atoms with Crippen LogP contribution in [-0.2, 0) is 20.3 Å². The van der Waals surface area contributed by atoms with Crippen molar-refractivity contribution < 1.29 is 17.5 Å². The van der Waals surface area contributed by atoms with E-state index in [1.165, 1.54) is 18.5 Å². The maximum Gasteiger partial charge on any atom is 0.229 e. The van der Waals surface area contributed by atoms with Gasteiger partial charge >= 0.3 is 0 Å². The molecule has 11 heteroatoms. The molecule has 0 radical (unpaired) electrons. The molecule has 1 aliphatic heterocycles. The Morgan fingerprint density at radius 2 is 1.89 bits per heavy atom. The summed E-state index contributed by atoms with van der Waals surface area (Å²) in [6.07, 6.45) is 4.59. The normalized spacial score (nSPS) is 15.9. The van der Waals surface area contributed by atoms with Gasteiger partial charge in [0.25, 0.3) is 0 Å². The number of anilines is 3. The molecule has 188 valence electrons. The van der Waals surface area contributed by atoms with E-state index < -0.39 is 21.4 Å². The molecule has 0 unspecified atom stereocenters. The van der Waals surface area contributed by atoms with E-state index in [0.717, 1.165) is 37.8 Å². The van der Waals surface area contributed by atoms with Crippen LogP contribution in [-0.4, -0.2) is 55.8 Å². The molecule has 0 saturated carbocycles. The highest BCUT2D eigenvalue weighted by Gasteiger charge is 2.35. The second-order valence-electron chi connectivity index (χ2n) is 9.25. The molecule has 0 spiro atoms. The third kappa shape index (κ3) is 5.66. The Kier molecular flexibility index (Phi) is 7.19. The van der Waals surface area contributed by atoms with Crippen LogP contribution in [0.25, 0.3) is 10.9 Å². The van der Waals surface area contributed by atoms with Gasteiger partial charge in [-0.2, -0.15) is 0 Å². The van der Waals surface area contributed by atoms with Crippen molar-refractivity contribution in [3.8, 4) is 0 Å². The summed E-state index contributed by atoms with van der Waals surface area (Å²) < 4.78 is 46.3. The number of benzene rings is 2. The van der Waals surface area contributed by atoms with E-state index >= 15 is 0 Å². The van der Waals surface area contributed by atoms with Gasteiger partial charge in [0.2, 0.25) is 10.0 Å². The van der Waals surface area contributed by atoms with Gasteiger partial charge in [-0.15, -0.1) is 0 Å². The minimum atomic E-state index is -3.56. The van der Waals surface area contributed by atoms with Gasteiger partial charge in [0.1, 0.15) is 18.0 Å². The second kappa shape index (κ2) is 9.85. The van der Waals surface area contributed by atoms with Gasteiger partial charge in [0.05, 0.1) is 28.6 Å². The van der Waals surface area contributed by atoms with E-state index in [2.05, 4.69) is 38.8 Å². The Hall–Kier alpha value is -2.53. The fraction of sp³-hybridized carbons (Fsp3) is 0.417. The Labute approximate surface area is 209 Å². The van der Waals surface area contributed by atoms with Gasteiger partial charge in [0.15, 0.2) is 0 Å². The number of methoxy groups -OCH3 is 1. The molecule has 1 aliphatic rings. The number of nitrogens with zero attached hydrogens (tertiary/aromatic N) is 3. The van der Waals surface area contributed by atoms with Gasteiger partial charge in [-0.05, 0) is 62.6 Å². The molecular weight excluding hydrogens is 493 g/mol. The first-order valence-electron chi connectivity index (χ1n) is 11.2. The van der Waals surface area contributed by atoms with Gasteiger partial charge in [-0.25, -0.2) is 22.8 Å². The molecule has 2 aromatic carbocycles. The quantitative estimate of drug-likeness (QED) is 0.457. The first-order chi connectivity index (χ1) is 16.5. The van der Waals surface area contributed by atoms with Crippen molar-refractivity contribution in [3.63, 3.8) is 0 Å². The molecule has 0 bridgehead atoms. The fourth-order valence-corrected chi connectivity index (χ4v) is 5.27. The largest absolute Gasteiger partial charge is 0.381 e. The van der Waals surface area contributed by atoms with E-state index in [1.807, 2.05) is 6.07 Å². The lowest BCUT2D eigenvalue weighted by Gasteiger charge is -2.43. The number of aromatic nitrogens is 2. The van der Waals surface area contributed by atoms with Crippen LogP contribution in [0.2, 0.25) is 5.02 Å². The van der Waals surface area contributed by atoms with Gasteiger partial charge in [-0.1, -0.05) is 11.6 Å². The van der Waals surface area contributed by atoms with Crippen LogP contribution in [0.4, 0.5) is 21.6 Å². The lowest BCUT2D eigenvalue weighted by atomic mass is 9.87. The second-order valence-corrected chi connectivity index (χ2v) is 11.4. The number of halogens is 2. The molecular formula is C24H29ClFN5O3S. The molecule has 3 aromatic rings. The zero-order valence-corrected chi connectivity index (χ0v) is 21.7. The third-order valence-electron chi connectivity index (χ3n) is 6.48. The molecule has 0 aliphatic carbocycles. The number of hydrogen-bond donors (Lipinski definition) is 2. The topological polar surface area (TPSA) is 96.4 Å². The first kappa shape index (κ1) is 25.6. The Morgan fingerprint density at radius 3 is 2.51 bits per heavy atom. The van der Waals surface area contributed by atoms with E-state index in [4.69, 9.17) is 16.3 Å². The molecule has 4 rings (SSSR count). The SMILES string of the molecule is COC1CCN(C(C)(C)c2cc3ncnc(Nc4ccc(F)c(Cl)c4)c3cc2NS(C)(=O)=O)CC1. The van der Waals surface area contributed by atoms with Crippen molar-refractivity contribution in [2.75, 3.05) is 36.5 Å². The number of sulfonamides is 1. The van der Waals surface area contributed by atoms with E-state index in [-0.39, 0.29) is 11.1 Å².